The molecule has 1 aromatic carbocycles. The Kier molecular flexibility index (Phi) is 4.40. The molecular weight excluding hydrogens is 256 g/mol. The van der Waals surface area contributed by atoms with E-state index in [1.54, 1.807) is 13.3 Å². The third kappa shape index (κ3) is 2.99. The third-order valence-corrected chi connectivity index (χ3v) is 3.16. The lowest BCUT2D eigenvalue weighted by Gasteiger charge is -2.11. The summed E-state index contributed by atoms with van der Waals surface area (Å²) in [6.07, 6.45) is 3.09. The maximum absolute atomic E-state index is 11.2. The second-order valence-corrected chi connectivity index (χ2v) is 4.55. The minimum atomic E-state index is -0.851. The highest BCUT2D eigenvalue weighted by atomic mass is 16.5. The number of aromatic nitrogens is 2. The van der Waals surface area contributed by atoms with Crippen molar-refractivity contribution < 1.29 is 14.6 Å². The highest BCUT2D eigenvalue weighted by molar-refractivity contribution is 5.72. The van der Waals surface area contributed by atoms with E-state index >= 15 is 0 Å². The number of hydrogen-bond acceptors (Lipinski definition) is 3. The maximum Gasteiger partial charge on any atom is 0.328 e. The van der Waals surface area contributed by atoms with E-state index in [4.69, 9.17) is 4.74 Å². The first-order chi connectivity index (χ1) is 9.65. The highest BCUT2D eigenvalue weighted by Gasteiger charge is 2.19. The van der Waals surface area contributed by atoms with Gasteiger partial charge in [0.2, 0.25) is 0 Å². The molecule has 0 radical (unpaired) electrons. The Morgan fingerprint density at radius 3 is 2.60 bits per heavy atom. The van der Waals surface area contributed by atoms with Crippen LogP contribution in [0.2, 0.25) is 0 Å². The van der Waals surface area contributed by atoms with Crippen LogP contribution in [0.5, 0.6) is 5.75 Å². The number of nitrogens with zero attached hydrogens (tertiary/aromatic N) is 2. The zero-order valence-electron chi connectivity index (χ0n) is 11.6. The number of hydrogen-bond donors (Lipinski definition) is 1. The summed E-state index contributed by atoms with van der Waals surface area (Å²) in [6.45, 7) is 1.96. The van der Waals surface area contributed by atoms with Crippen molar-refractivity contribution in [3.05, 3.63) is 36.5 Å². The van der Waals surface area contributed by atoms with Gasteiger partial charge in [0, 0.05) is 11.8 Å². The summed E-state index contributed by atoms with van der Waals surface area (Å²) >= 11 is 0. The monoisotopic (exact) mass is 274 g/mol. The Morgan fingerprint density at radius 1 is 1.35 bits per heavy atom. The molecule has 0 aliphatic heterocycles. The number of carboxylic acids is 1. The maximum atomic E-state index is 11.2. The molecule has 1 unspecified atom stereocenters. The lowest BCUT2D eigenvalue weighted by molar-refractivity contribution is -0.141. The number of ether oxygens (including phenoxy) is 1. The van der Waals surface area contributed by atoms with Gasteiger partial charge in [-0.3, -0.25) is 4.68 Å². The Balaban J connectivity index is 2.24. The zero-order chi connectivity index (χ0) is 14.5. The van der Waals surface area contributed by atoms with Gasteiger partial charge < -0.3 is 9.84 Å². The summed E-state index contributed by atoms with van der Waals surface area (Å²) < 4.78 is 6.63. The molecule has 20 heavy (non-hydrogen) atoms. The molecule has 0 saturated carbocycles. The van der Waals surface area contributed by atoms with Crippen molar-refractivity contribution in [1.82, 2.24) is 9.78 Å². The lowest BCUT2D eigenvalue weighted by Crippen LogP contribution is -2.19. The van der Waals surface area contributed by atoms with Gasteiger partial charge in [-0.1, -0.05) is 13.3 Å². The fourth-order valence-corrected chi connectivity index (χ4v) is 2.07. The molecule has 0 spiro atoms. The van der Waals surface area contributed by atoms with E-state index in [-0.39, 0.29) is 0 Å². The average Bonchev–Trinajstić information content (AvgIpc) is 2.94. The molecular formula is C15H18N2O3. The van der Waals surface area contributed by atoms with Crippen molar-refractivity contribution in [3.8, 4) is 17.0 Å². The number of methoxy groups -OCH3 is 1. The summed E-state index contributed by atoms with van der Waals surface area (Å²) in [5.41, 5.74) is 1.69. The normalized spacial score (nSPS) is 12.1. The smallest absolute Gasteiger partial charge is 0.328 e. The molecule has 1 N–H and O–H groups in total. The molecule has 106 valence electrons. The van der Waals surface area contributed by atoms with E-state index in [1.165, 1.54) is 4.68 Å². The van der Waals surface area contributed by atoms with Gasteiger partial charge in [-0.15, -0.1) is 0 Å². The average molecular weight is 274 g/mol. The predicted octanol–water partition coefficient (Wildman–Crippen LogP) is 2.98. The number of carboxylic acid groups (broad SMARTS) is 1. The summed E-state index contributed by atoms with van der Waals surface area (Å²) in [5, 5.41) is 13.6. The molecule has 1 aromatic heterocycles. The predicted molar refractivity (Wildman–Crippen MR) is 75.8 cm³/mol. The zero-order valence-corrected chi connectivity index (χ0v) is 11.6. The lowest BCUT2D eigenvalue weighted by atomic mass is 10.1. The molecule has 5 nitrogen and oxygen atoms in total. The van der Waals surface area contributed by atoms with Crippen LogP contribution in [0.4, 0.5) is 0 Å². The van der Waals surface area contributed by atoms with Crippen LogP contribution in [-0.4, -0.2) is 28.0 Å². The van der Waals surface area contributed by atoms with Crippen molar-refractivity contribution in [2.75, 3.05) is 7.11 Å². The minimum absolute atomic E-state index is 0.569. The van der Waals surface area contributed by atoms with E-state index in [1.807, 2.05) is 37.3 Å². The molecule has 0 amide bonds. The van der Waals surface area contributed by atoms with Crippen LogP contribution in [0.3, 0.4) is 0 Å². The van der Waals surface area contributed by atoms with Gasteiger partial charge >= 0.3 is 5.97 Å². The molecule has 2 rings (SSSR count). The van der Waals surface area contributed by atoms with E-state index in [9.17, 15) is 9.90 Å². The van der Waals surface area contributed by atoms with Crippen LogP contribution in [0, 0.1) is 0 Å². The van der Waals surface area contributed by atoms with Crippen LogP contribution in [0.15, 0.2) is 36.5 Å². The van der Waals surface area contributed by atoms with Crippen LogP contribution >= 0.6 is 0 Å². The standard InChI is InChI=1S/C15H18N2O3/c1-3-4-14(15(18)19)17-10-9-13(16-17)11-5-7-12(20-2)8-6-11/h5-10,14H,3-4H2,1-2H3,(H,18,19). The van der Waals surface area contributed by atoms with Gasteiger partial charge in [-0.2, -0.15) is 5.10 Å². The fraction of sp³-hybridized carbons (Fsp3) is 0.333. The molecule has 0 aliphatic rings. The van der Waals surface area contributed by atoms with Gasteiger partial charge in [-0.05, 0) is 36.8 Å². The first-order valence-corrected chi connectivity index (χ1v) is 6.58. The number of benzene rings is 1. The summed E-state index contributed by atoms with van der Waals surface area (Å²) in [6, 6.07) is 8.74. The van der Waals surface area contributed by atoms with Crippen molar-refractivity contribution in [2.24, 2.45) is 0 Å². The first-order valence-electron chi connectivity index (χ1n) is 6.58. The molecule has 0 bridgehead atoms. The van der Waals surface area contributed by atoms with Crippen molar-refractivity contribution in [1.29, 1.82) is 0 Å². The van der Waals surface area contributed by atoms with E-state index in [2.05, 4.69) is 5.10 Å². The molecule has 2 aromatic rings. The summed E-state index contributed by atoms with van der Waals surface area (Å²) in [5.74, 6) is -0.0705. The van der Waals surface area contributed by atoms with Crippen LogP contribution < -0.4 is 4.74 Å². The number of rotatable bonds is 6. The second kappa shape index (κ2) is 6.23. The topological polar surface area (TPSA) is 64.3 Å². The quantitative estimate of drug-likeness (QED) is 0.879. The van der Waals surface area contributed by atoms with Gasteiger partial charge in [0.1, 0.15) is 11.8 Å². The molecule has 0 aliphatic carbocycles. The Hall–Kier alpha value is -2.30. The SMILES string of the molecule is CCCC(C(=O)O)n1ccc(-c2ccc(OC)cc2)n1. The molecule has 0 saturated heterocycles. The second-order valence-electron chi connectivity index (χ2n) is 4.55. The minimum Gasteiger partial charge on any atom is -0.497 e. The third-order valence-electron chi connectivity index (χ3n) is 3.16. The molecule has 0 fully saturated rings. The van der Waals surface area contributed by atoms with Gasteiger partial charge in [0.05, 0.1) is 12.8 Å². The Morgan fingerprint density at radius 2 is 2.05 bits per heavy atom. The van der Waals surface area contributed by atoms with E-state index < -0.39 is 12.0 Å². The summed E-state index contributed by atoms with van der Waals surface area (Å²) in [7, 11) is 1.62. The van der Waals surface area contributed by atoms with Gasteiger partial charge in [0.15, 0.2) is 0 Å². The van der Waals surface area contributed by atoms with E-state index in [0.29, 0.717) is 6.42 Å². The number of carbonyl (C=O) groups is 1. The van der Waals surface area contributed by atoms with Crippen LogP contribution in [0.1, 0.15) is 25.8 Å². The van der Waals surface area contributed by atoms with E-state index in [0.717, 1.165) is 23.4 Å². The van der Waals surface area contributed by atoms with Crippen molar-refractivity contribution in [2.45, 2.75) is 25.8 Å². The number of aliphatic carboxylic acids is 1. The Bertz CT molecular complexity index is 575. The van der Waals surface area contributed by atoms with Gasteiger partial charge in [-0.25, -0.2) is 4.79 Å². The van der Waals surface area contributed by atoms with Crippen LogP contribution in [0.25, 0.3) is 11.3 Å². The summed E-state index contributed by atoms with van der Waals surface area (Å²) in [4.78, 5) is 11.2. The largest absolute Gasteiger partial charge is 0.497 e. The Labute approximate surface area is 117 Å². The molecule has 5 heteroatoms. The molecule has 1 atom stereocenters. The first kappa shape index (κ1) is 14.1. The van der Waals surface area contributed by atoms with Crippen LogP contribution in [-0.2, 0) is 4.79 Å². The highest BCUT2D eigenvalue weighted by Crippen LogP contribution is 2.22. The van der Waals surface area contributed by atoms with Gasteiger partial charge in [0.25, 0.3) is 0 Å². The van der Waals surface area contributed by atoms with Crippen molar-refractivity contribution in [3.63, 3.8) is 0 Å². The fourth-order valence-electron chi connectivity index (χ4n) is 2.07. The molecule has 1 heterocycles. The van der Waals surface area contributed by atoms with Crippen molar-refractivity contribution >= 4 is 5.97 Å².